The topological polar surface area (TPSA) is 25.4 Å². The van der Waals surface area contributed by atoms with E-state index in [1.54, 1.807) is 11.3 Å². The van der Waals surface area contributed by atoms with Gasteiger partial charge in [-0.15, -0.1) is 11.3 Å². The molecule has 1 unspecified atom stereocenters. The highest BCUT2D eigenvalue weighted by molar-refractivity contribution is 7.09. The Labute approximate surface area is 76.6 Å². The number of aromatic nitrogens is 1. The molecule has 1 aliphatic rings. The second-order valence-corrected chi connectivity index (χ2v) is 5.12. The van der Waals surface area contributed by atoms with E-state index in [9.17, 15) is 0 Å². The Morgan fingerprint density at radius 1 is 1.58 bits per heavy atom. The van der Waals surface area contributed by atoms with Gasteiger partial charge in [-0.3, -0.25) is 4.98 Å². The van der Waals surface area contributed by atoms with Crippen molar-refractivity contribution in [2.45, 2.75) is 26.4 Å². The highest BCUT2D eigenvalue weighted by Crippen LogP contribution is 2.53. The molecule has 12 heavy (non-hydrogen) atoms. The van der Waals surface area contributed by atoms with Crippen LogP contribution in [0.15, 0.2) is 11.7 Å². The Morgan fingerprint density at radius 3 is 2.58 bits per heavy atom. The average Bonchev–Trinajstić information content (AvgIpc) is 2.61. The van der Waals surface area contributed by atoms with Crippen LogP contribution in [-0.2, 0) is 10.3 Å². The van der Waals surface area contributed by atoms with E-state index in [0.717, 1.165) is 6.61 Å². The molecule has 1 aliphatic heterocycles. The van der Waals surface area contributed by atoms with Crippen LogP contribution in [0.4, 0.5) is 0 Å². The molecule has 0 saturated carbocycles. The Bertz CT molecular complexity index is 269. The quantitative estimate of drug-likeness (QED) is 0.625. The van der Waals surface area contributed by atoms with Gasteiger partial charge in [-0.05, 0) is 5.41 Å². The smallest absolute Gasteiger partial charge is 0.132 e. The van der Waals surface area contributed by atoms with Crippen molar-refractivity contribution in [1.82, 2.24) is 4.98 Å². The summed E-state index contributed by atoms with van der Waals surface area (Å²) in [6.45, 7) is 7.47. The van der Waals surface area contributed by atoms with E-state index in [1.807, 2.05) is 11.7 Å². The maximum atomic E-state index is 5.58. The molecule has 0 spiro atoms. The van der Waals surface area contributed by atoms with Crippen LogP contribution in [0, 0.1) is 5.41 Å². The number of nitrogens with zero attached hydrogens (tertiary/aromatic N) is 1. The molecule has 1 aromatic heterocycles. The normalized spacial score (nSPS) is 28.9. The monoisotopic (exact) mass is 183 g/mol. The van der Waals surface area contributed by atoms with Crippen LogP contribution >= 0.6 is 11.3 Å². The van der Waals surface area contributed by atoms with Crippen molar-refractivity contribution in [2.24, 2.45) is 5.41 Å². The van der Waals surface area contributed by atoms with Crippen LogP contribution < -0.4 is 0 Å². The minimum Gasteiger partial charge on any atom is -0.363 e. The standard InChI is InChI=1S/C9H13NOS/c1-8(2,3)9(5-11-9)7-4-10-6-12-7/h4,6H,5H2,1-3H3. The summed E-state index contributed by atoms with van der Waals surface area (Å²) in [6, 6.07) is 0. The Kier molecular flexibility index (Phi) is 1.57. The van der Waals surface area contributed by atoms with Crippen LogP contribution in [0.2, 0.25) is 0 Å². The summed E-state index contributed by atoms with van der Waals surface area (Å²) in [4.78, 5) is 5.34. The molecule has 2 heterocycles. The van der Waals surface area contributed by atoms with E-state index in [-0.39, 0.29) is 11.0 Å². The summed E-state index contributed by atoms with van der Waals surface area (Å²) in [5, 5.41) is 0. The fraction of sp³-hybridized carbons (Fsp3) is 0.667. The molecule has 1 aromatic rings. The molecule has 66 valence electrons. The van der Waals surface area contributed by atoms with Gasteiger partial charge < -0.3 is 4.74 Å². The molecule has 2 nitrogen and oxygen atoms in total. The van der Waals surface area contributed by atoms with Crippen LogP contribution in [0.1, 0.15) is 25.6 Å². The number of epoxide rings is 1. The number of rotatable bonds is 1. The van der Waals surface area contributed by atoms with Gasteiger partial charge in [0.1, 0.15) is 5.60 Å². The fourth-order valence-corrected chi connectivity index (χ4v) is 2.40. The van der Waals surface area contributed by atoms with E-state index >= 15 is 0 Å². The molecule has 0 bridgehead atoms. The Hall–Kier alpha value is -0.410. The van der Waals surface area contributed by atoms with Gasteiger partial charge in [0.05, 0.1) is 17.0 Å². The summed E-state index contributed by atoms with van der Waals surface area (Å²) in [7, 11) is 0. The molecule has 1 fully saturated rings. The first kappa shape index (κ1) is 8.20. The highest BCUT2D eigenvalue weighted by atomic mass is 32.1. The van der Waals surface area contributed by atoms with Crippen molar-refractivity contribution in [2.75, 3.05) is 6.61 Å². The highest BCUT2D eigenvalue weighted by Gasteiger charge is 2.56. The second kappa shape index (κ2) is 2.30. The van der Waals surface area contributed by atoms with Gasteiger partial charge in [-0.2, -0.15) is 0 Å². The zero-order valence-corrected chi connectivity index (χ0v) is 8.44. The molecule has 3 heteroatoms. The first-order chi connectivity index (χ1) is 5.56. The van der Waals surface area contributed by atoms with E-state index < -0.39 is 0 Å². The van der Waals surface area contributed by atoms with Crippen LogP contribution in [0.3, 0.4) is 0 Å². The lowest BCUT2D eigenvalue weighted by Crippen LogP contribution is -2.26. The number of ether oxygens (including phenoxy) is 1. The molecule has 0 N–H and O–H groups in total. The Morgan fingerprint density at radius 2 is 2.25 bits per heavy atom. The molecule has 0 aliphatic carbocycles. The summed E-state index contributed by atoms with van der Waals surface area (Å²) in [6.07, 6.45) is 1.92. The number of thiazole rings is 1. The predicted molar refractivity (Wildman–Crippen MR) is 49.2 cm³/mol. The molecule has 0 aromatic carbocycles. The van der Waals surface area contributed by atoms with E-state index in [0.29, 0.717) is 0 Å². The van der Waals surface area contributed by atoms with Crippen molar-refractivity contribution in [3.8, 4) is 0 Å². The minimum absolute atomic E-state index is 0.0336. The molecular formula is C9H13NOS. The van der Waals surface area contributed by atoms with E-state index in [1.165, 1.54) is 4.88 Å². The Balaban J connectivity index is 2.35. The van der Waals surface area contributed by atoms with Gasteiger partial charge in [0, 0.05) is 6.20 Å². The van der Waals surface area contributed by atoms with Gasteiger partial charge in [0.25, 0.3) is 0 Å². The summed E-state index contributed by atoms with van der Waals surface area (Å²) >= 11 is 1.68. The van der Waals surface area contributed by atoms with Gasteiger partial charge >= 0.3 is 0 Å². The van der Waals surface area contributed by atoms with Crippen molar-refractivity contribution < 1.29 is 4.74 Å². The van der Waals surface area contributed by atoms with Crippen LogP contribution in [0.5, 0.6) is 0 Å². The van der Waals surface area contributed by atoms with Crippen molar-refractivity contribution in [3.05, 3.63) is 16.6 Å². The maximum Gasteiger partial charge on any atom is 0.132 e. The molecular weight excluding hydrogens is 170 g/mol. The zero-order chi connectivity index (χ0) is 8.82. The summed E-state index contributed by atoms with van der Waals surface area (Å²) < 4.78 is 5.58. The number of hydrogen-bond acceptors (Lipinski definition) is 3. The first-order valence-electron chi connectivity index (χ1n) is 4.09. The van der Waals surface area contributed by atoms with Gasteiger partial charge in [-0.1, -0.05) is 20.8 Å². The zero-order valence-electron chi connectivity index (χ0n) is 7.63. The van der Waals surface area contributed by atoms with Crippen molar-refractivity contribution in [3.63, 3.8) is 0 Å². The van der Waals surface area contributed by atoms with Crippen molar-refractivity contribution >= 4 is 11.3 Å². The molecule has 1 saturated heterocycles. The van der Waals surface area contributed by atoms with E-state index in [4.69, 9.17) is 4.74 Å². The van der Waals surface area contributed by atoms with Gasteiger partial charge in [0.2, 0.25) is 0 Å². The lowest BCUT2D eigenvalue weighted by molar-refractivity contribution is 0.159. The minimum atomic E-state index is -0.0336. The van der Waals surface area contributed by atoms with Gasteiger partial charge in [-0.25, -0.2) is 0 Å². The average molecular weight is 183 g/mol. The van der Waals surface area contributed by atoms with Crippen molar-refractivity contribution in [1.29, 1.82) is 0 Å². The predicted octanol–water partition coefficient (Wildman–Crippen LogP) is 2.41. The van der Waals surface area contributed by atoms with Crippen LogP contribution in [0.25, 0.3) is 0 Å². The molecule has 2 rings (SSSR count). The lowest BCUT2D eigenvalue weighted by atomic mass is 9.80. The maximum absolute atomic E-state index is 5.58. The second-order valence-electron chi connectivity index (χ2n) is 4.23. The number of hydrogen-bond donors (Lipinski definition) is 0. The first-order valence-corrected chi connectivity index (χ1v) is 4.97. The third-order valence-corrected chi connectivity index (χ3v) is 3.39. The third-order valence-electron chi connectivity index (χ3n) is 2.47. The lowest BCUT2D eigenvalue weighted by Gasteiger charge is -2.25. The van der Waals surface area contributed by atoms with Gasteiger partial charge in [0.15, 0.2) is 0 Å². The largest absolute Gasteiger partial charge is 0.363 e. The molecule has 0 radical (unpaired) electrons. The fourth-order valence-electron chi connectivity index (χ4n) is 1.43. The molecule has 1 atom stereocenters. The summed E-state index contributed by atoms with van der Waals surface area (Å²) in [5.41, 5.74) is 2.01. The van der Waals surface area contributed by atoms with Crippen LogP contribution in [-0.4, -0.2) is 11.6 Å². The summed E-state index contributed by atoms with van der Waals surface area (Å²) in [5.74, 6) is 0. The van der Waals surface area contributed by atoms with E-state index in [2.05, 4.69) is 25.8 Å². The SMILES string of the molecule is CC(C)(C)C1(c2cncs2)CO1. The third kappa shape index (κ3) is 1.00. The molecule has 0 amide bonds.